The minimum absolute atomic E-state index is 0.967. The van der Waals surface area contributed by atoms with Gasteiger partial charge in [0.05, 0.1) is 22.8 Å². The number of H-pyrrole nitrogens is 2. The van der Waals surface area contributed by atoms with Gasteiger partial charge in [-0.2, -0.15) is 0 Å². The summed E-state index contributed by atoms with van der Waals surface area (Å²) in [6.45, 7) is 0. The molecule has 0 atom stereocenters. The smallest absolute Gasteiger partial charge is 0.0737 e. The number of nitrogens with zero attached hydrogens (tertiary/aromatic N) is 2. The molecular weight excluding hydrogens is 488 g/mol. The number of hydrogen-bond donors (Lipinski definition) is 2. The molecular formula is C36H24N4. The lowest BCUT2D eigenvalue weighted by molar-refractivity contribution is 1.00. The molecule has 9 rings (SSSR count). The average Bonchev–Trinajstić information content (AvgIpc) is 3.73. The Morgan fingerprint density at radius 2 is 0.950 bits per heavy atom. The molecule has 8 bridgehead atoms. The van der Waals surface area contributed by atoms with Crippen molar-refractivity contribution in [3.05, 3.63) is 114 Å². The third-order valence-corrected chi connectivity index (χ3v) is 8.40. The minimum Gasteiger partial charge on any atom is -0.355 e. The number of nitrogens with one attached hydrogen (secondary N) is 2. The van der Waals surface area contributed by atoms with Crippen LogP contribution in [0, 0.1) is 0 Å². The standard InChI is InChI=1S/C36H24N4/c1-2-10-22-21(9-1)29-17-31-23-11-3-4-12-24(23)33(38-31)19-35-27-15-7-8-16-28(27)36(40-35)20-34-26-14-6-5-13-25(26)32(39-34)18-30(22)37-29/h1-7,9-15,17-20,37,40H,8,16H2. The highest BCUT2D eigenvalue weighted by Crippen LogP contribution is 2.40. The topological polar surface area (TPSA) is 57.4 Å². The van der Waals surface area contributed by atoms with Crippen LogP contribution in [0.15, 0.2) is 103 Å². The van der Waals surface area contributed by atoms with Crippen LogP contribution in [-0.2, 0) is 6.42 Å². The molecule has 188 valence electrons. The van der Waals surface area contributed by atoms with Crippen molar-refractivity contribution < 1.29 is 0 Å². The molecule has 0 radical (unpaired) electrons. The number of rotatable bonds is 0. The zero-order chi connectivity index (χ0) is 26.2. The first-order valence-corrected chi connectivity index (χ1v) is 13.8. The van der Waals surface area contributed by atoms with E-state index in [4.69, 9.17) is 9.97 Å². The van der Waals surface area contributed by atoms with E-state index in [9.17, 15) is 0 Å². The highest BCUT2D eigenvalue weighted by atomic mass is 14.8. The number of allylic oxidation sites excluding steroid dienone is 1. The van der Waals surface area contributed by atoms with Gasteiger partial charge >= 0.3 is 0 Å². The van der Waals surface area contributed by atoms with Crippen LogP contribution in [0.4, 0.5) is 0 Å². The van der Waals surface area contributed by atoms with Crippen LogP contribution in [0.1, 0.15) is 17.5 Å². The first-order valence-electron chi connectivity index (χ1n) is 13.8. The molecule has 40 heavy (non-hydrogen) atoms. The van der Waals surface area contributed by atoms with Gasteiger partial charge in [0.25, 0.3) is 0 Å². The van der Waals surface area contributed by atoms with Crippen molar-refractivity contribution in [2.45, 2.75) is 12.8 Å². The van der Waals surface area contributed by atoms with E-state index in [0.717, 1.165) is 79.9 Å². The summed E-state index contributed by atoms with van der Waals surface area (Å²) in [5.74, 6) is 0. The number of aryl methyl sites for hydroxylation is 1. The van der Waals surface area contributed by atoms with Crippen molar-refractivity contribution in [2.75, 3.05) is 0 Å². The molecule has 3 aromatic heterocycles. The van der Waals surface area contributed by atoms with E-state index in [1.807, 2.05) is 0 Å². The van der Waals surface area contributed by atoms with Gasteiger partial charge in [0, 0.05) is 60.7 Å². The molecule has 0 saturated carbocycles. The van der Waals surface area contributed by atoms with Crippen LogP contribution in [-0.4, -0.2) is 19.9 Å². The van der Waals surface area contributed by atoms with E-state index in [-0.39, 0.29) is 0 Å². The maximum Gasteiger partial charge on any atom is 0.0737 e. The summed E-state index contributed by atoms with van der Waals surface area (Å²) in [7, 11) is 0. The Balaban J connectivity index is 1.49. The third kappa shape index (κ3) is 3.13. The third-order valence-electron chi connectivity index (χ3n) is 8.40. The van der Waals surface area contributed by atoms with Gasteiger partial charge in [0.1, 0.15) is 0 Å². The largest absolute Gasteiger partial charge is 0.355 e. The van der Waals surface area contributed by atoms with Gasteiger partial charge in [-0.1, -0.05) is 84.9 Å². The van der Waals surface area contributed by atoms with E-state index < -0.39 is 0 Å². The molecule has 5 heterocycles. The quantitative estimate of drug-likeness (QED) is 0.213. The van der Waals surface area contributed by atoms with Gasteiger partial charge in [-0.15, -0.1) is 0 Å². The van der Waals surface area contributed by atoms with Crippen molar-refractivity contribution in [3.63, 3.8) is 0 Å². The fourth-order valence-electron chi connectivity index (χ4n) is 6.53. The van der Waals surface area contributed by atoms with E-state index in [1.165, 1.54) is 21.9 Å². The number of benzene rings is 3. The zero-order valence-electron chi connectivity index (χ0n) is 21.7. The van der Waals surface area contributed by atoms with Crippen molar-refractivity contribution in [1.29, 1.82) is 0 Å². The molecule has 6 aromatic rings. The first-order chi connectivity index (χ1) is 19.8. The Morgan fingerprint density at radius 1 is 0.500 bits per heavy atom. The molecule has 3 aliphatic rings. The Kier molecular flexibility index (Phi) is 4.41. The van der Waals surface area contributed by atoms with E-state index >= 15 is 0 Å². The van der Waals surface area contributed by atoms with Crippen LogP contribution in [0.25, 0.3) is 83.9 Å². The van der Waals surface area contributed by atoms with E-state index in [2.05, 4.69) is 119 Å². The maximum absolute atomic E-state index is 5.20. The molecule has 0 fully saturated rings. The van der Waals surface area contributed by atoms with Gasteiger partial charge in [-0.05, 0) is 42.7 Å². The average molecular weight is 513 g/mol. The maximum atomic E-state index is 5.20. The Labute approximate surface area is 230 Å². The lowest BCUT2D eigenvalue weighted by Gasteiger charge is -2.05. The second kappa shape index (κ2) is 8.14. The van der Waals surface area contributed by atoms with Gasteiger partial charge in [-0.3, -0.25) is 0 Å². The Bertz CT molecular complexity index is 2230. The number of fused-ring (bicyclic) bond motifs is 20. The second-order valence-electron chi connectivity index (χ2n) is 10.7. The molecule has 4 nitrogen and oxygen atoms in total. The molecule has 0 amide bonds. The lowest BCUT2D eigenvalue weighted by atomic mass is 9.98. The van der Waals surface area contributed by atoms with Crippen LogP contribution < -0.4 is 0 Å². The molecule has 0 spiro atoms. The van der Waals surface area contributed by atoms with E-state index in [0.29, 0.717) is 0 Å². The van der Waals surface area contributed by atoms with Crippen molar-refractivity contribution in [3.8, 4) is 45.0 Å². The molecule has 3 aromatic carbocycles. The monoisotopic (exact) mass is 512 g/mol. The van der Waals surface area contributed by atoms with Gasteiger partial charge < -0.3 is 9.97 Å². The SMILES string of the molecule is C1=Cc2c(c3cc4nc(cc5[nH]c(cc6nc(cc2[nH]3)-c2ccccc2-6)c2ccccc52)-c2ccccc2-4)CC1. The molecule has 1 aliphatic carbocycles. The van der Waals surface area contributed by atoms with Crippen LogP contribution in [0.5, 0.6) is 0 Å². The highest BCUT2D eigenvalue weighted by Gasteiger charge is 2.20. The molecule has 2 N–H and O–H groups in total. The first kappa shape index (κ1) is 21.7. The summed E-state index contributed by atoms with van der Waals surface area (Å²) in [5.41, 5.74) is 15.4. The predicted molar refractivity (Wildman–Crippen MR) is 165 cm³/mol. The van der Waals surface area contributed by atoms with Crippen molar-refractivity contribution in [1.82, 2.24) is 19.9 Å². The Hall–Kier alpha value is -5.22. The second-order valence-corrected chi connectivity index (χ2v) is 10.7. The normalized spacial score (nSPS) is 13.2. The molecule has 0 saturated heterocycles. The number of hydrogen-bond acceptors (Lipinski definition) is 2. The fourth-order valence-corrected chi connectivity index (χ4v) is 6.53. The van der Waals surface area contributed by atoms with Crippen LogP contribution in [0.3, 0.4) is 0 Å². The summed E-state index contributed by atoms with van der Waals surface area (Å²) in [5, 5.41) is 2.35. The number of aromatic amines is 2. The van der Waals surface area contributed by atoms with Gasteiger partial charge in [0.2, 0.25) is 0 Å². The summed E-state index contributed by atoms with van der Waals surface area (Å²) < 4.78 is 0. The summed E-state index contributed by atoms with van der Waals surface area (Å²) in [4.78, 5) is 17.9. The predicted octanol–water partition coefficient (Wildman–Crippen LogP) is 9.10. The minimum atomic E-state index is 0.967. The molecule has 4 heteroatoms. The van der Waals surface area contributed by atoms with Crippen LogP contribution in [0.2, 0.25) is 0 Å². The lowest BCUT2D eigenvalue weighted by Crippen LogP contribution is -1.89. The molecule has 0 unspecified atom stereocenters. The molecule has 2 aliphatic heterocycles. The Morgan fingerprint density at radius 3 is 1.50 bits per heavy atom. The summed E-state index contributed by atoms with van der Waals surface area (Å²) in [6, 6.07) is 34.4. The highest BCUT2D eigenvalue weighted by molar-refractivity contribution is 6.08. The van der Waals surface area contributed by atoms with Crippen molar-refractivity contribution in [2.24, 2.45) is 0 Å². The van der Waals surface area contributed by atoms with Crippen molar-refractivity contribution >= 4 is 38.9 Å². The van der Waals surface area contributed by atoms with Crippen LogP contribution >= 0.6 is 0 Å². The fraction of sp³-hybridized carbons (Fsp3) is 0.0556. The van der Waals surface area contributed by atoms with Gasteiger partial charge in [-0.25, -0.2) is 9.97 Å². The van der Waals surface area contributed by atoms with Gasteiger partial charge in [0.15, 0.2) is 0 Å². The zero-order valence-corrected chi connectivity index (χ0v) is 21.7. The summed E-state index contributed by atoms with van der Waals surface area (Å²) in [6.07, 6.45) is 6.57. The van der Waals surface area contributed by atoms with E-state index in [1.54, 1.807) is 0 Å². The summed E-state index contributed by atoms with van der Waals surface area (Å²) >= 11 is 0. The number of aromatic nitrogens is 4.